The zero-order valence-electron chi connectivity index (χ0n) is 10.0. The molecular formula is C12H14N4O2. The minimum atomic E-state index is -0.357. The van der Waals surface area contributed by atoms with Crippen LogP contribution in [-0.2, 0) is 6.54 Å². The van der Waals surface area contributed by atoms with Gasteiger partial charge in [-0.1, -0.05) is 12.2 Å². The molecule has 0 atom stereocenters. The molecule has 0 aromatic carbocycles. The Morgan fingerprint density at radius 3 is 3.11 bits per heavy atom. The van der Waals surface area contributed by atoms with E-state index in [9.17, 15) is 4.79 Å². The second-order valence-electron chi connectivity index (χ2n) is 3.62. The van der Waals surface area contributed by atoms with Crippen molar-refractivity contribution in [3.8, 4) is 0 Å². The average Bonchev–Trinajstić information content (AvgIpc) is 2.86. The van der Waals surface area contributed by atoms with Gasteiger partial charge in [0, 0.05) is 6.54 Å². The lowest BCUT2D eigenvalue weighted by Gasteiger charge is -2.04. The maximum atomic E-state index is 11.7. The molecule has 0 saturated heterocycles. The van der Waals surface area contributed by atoms with Crippen LogP contribution in [0.5, 0.6) is 0 Å². The first-order valence-corrected chi connectivity index (χ1v) is 5.60. The van der Waals surface area contributed by atoms with Crippen LogP contribution in [-0.4, -0.2) is 21.1 Å². The SMILES string of the molecule is CC=CCNc1ncn(Cc2ccco2)c(=O)n1. The smallest absolute Gasteiger partial charge is 0.352 e. The zero-order valence-corrected chi connectivity index (χ0v) is 10.0. The summed E-state index contributed by atoms with van der Waals surface area (Å²) >= 11 is 0. The van der Waals surface area contributed by atoms with E-state index in [1.165, 1.54) is 10.9 Å². The van der Waals surface area contributed by atoms with Crippen molar-refractivity contribution < 1.29 is 4.42 Å². The highest BCUT2D eigenvalue weighted by molar-refractivity contribution is 5.22. The Bertz CT molecular complexity index is 572. The lowest BCUT2D eigenvalue weighted by atomic mass is 10.4. The molecule has 18 heavy (non-hydrogen) atoms. The summed E-state index contributed by atoms with van der Waals surface area (Å²) in [4.78, 5) is 19.6. The van der Waals surface area contributed by atoms with Crippen molar-refractivity contribution in [2.75, 3.05) is 11.9 Å². The number of hydrogen-bond acceptors (Lipinski definition) is 5. The van der Waals surface area contributed by atoms with Gasteiger partial charge in [0.05, 0.1) is 12.8 Å². The molecule has 1 N–H and O–H groups in total. The quantitative estimate of drug-likeness (QED) is 0.804. The zero-order chi connectivity index (χ0) is 12.8. The van der Waals surface area contributed by atoms with Crippen LogP contribution in [0.25, 0.3) is 0 Å². The van der Waals surface area contributed by atoms with Gasteiger partial charge in [-0.3, -0.25) is 4.57 Å². The Hall–Kier alpha value is -2.37. The molecule has 2 heterocycles. The Kier molecular flexibility index (Phi) is 3.90. The third kappa shape index (κ3) is 3.07. The van der Waals surface area contributed by atoms with Crippen molar-refractivity contribution >= 4 is 5.95 Å². The van der Waals surface area contributed by atoms with Gasteiger partial charge in [-0.05, 0) is 19.1 Å². The molecule has 0 aliphatic heterocycles. The van der Waals surface area contributed by atoms with Gasteiger partial charge in [-0.15, -0.1) is 0 Å². The number of aromatic nitrogens is 3. The van der Waals surface area contributed by atoms with E-state index in [2.05, 4.69) is 15.3 Å². The predicted octanol–water partition coefficient (Wildman–Crippen LogP) is 1.27. The normalized spacial score (nSPS) is 10.9. The van der Waals surface area contributed by atoms with Gasteiger partial charge < -0.3 is 9.73 Å². The highest BCUT2D eigenvalue weighted by Gasteiger charge is 2.03. The highest BCUT2D eigenvalue weighted by Crippen LogP contribution is 2.01. The number of nitrogens with one attached hydrogen (secondary N) is 1. The molecule has 0 saturated carbocycles. The fourth-order valence-corrected chi connectivity index (χ4v) is 1.39. The van der Waals surface area contributed by atoms with Gasteiger partial charge in [0.2, 0.25) is 5.95 Å². The Balaban J connectivity index is 2.08. The fraction of sp³-hybridized carbons (Fsp3) is 0.250. The maximum absolute atomic E-state index is 11.7. The van der Waals surface area contributed by atoms with E-state index in [1.807, 2.05) is 19.1 Å². The third-order valence-electron chi connectivity index (χ3n) is 2.29. The first-order chi connectivity index (χ1) is 8.79. The first kappa shape index (κ1) is 12.1. The fourth-order valence-electron chi connectivity index (χ4n) is 1.39. The molecule has 0 spiro atoms. The van der Waals surface area contributed by atoms with E-state index in [-0.39, 0.29) is 5.69 Å². The summed E-state index contributed by atoms with van der Waals surface area (Å²) in [6, 6.07) is 3.57. The number of allylic oxidation sites excluding steroid dienone is 1. The summed E-state index contributed by atoms with van der Waals surface area (Å²) in [5.41, 5.74) is -0.357. The van der Waals surface area contributed by atoms with Gasteiger partial charge in [0.25, 0.3) is 0 Å². The number of furan rings is 1. The number of hydrogen-bond donors (Lipinski definition) is 1. The van der Waals surface area contributed by atoms with Gasteiger partial charge in [0.15, 0.2) is 0 Å². The minimum Gasteiger partial charge on any atom is -0.467 e. The molecule has 94 valence electrons. The Labute approximate surface area is 104 Å². The van der Waals surface area contributed by atoms with Crippen molar-refractivity contribution in [2.24, 2.45) is 0 Å². The maximum Gasteiger partial charge on any atom is 0.352 e. The summed E-state index contributed by atoms with van der Waals surface area (Å²) in [5.74, 6) is 1.02. The molecule has 2 aromatic heterocycles. The summed E-state index contributed by atoms with van der Waals surface area (Å²) in [7, 11) is 0. The molecule has 6 nitrogen and oxygen atoms in total. The molecule has 2 aromatic rings. The highest BCUT2D eigenvalue weighted by atomic mass is 16.3. The van der Waals surface area contributed by atoms with Crippen molar-refractivity contribution in [3.63, 3.8) is 0 Å². The van der Waals surface area contributed by atoms with Crippen molar-refractivity contribution in [3.05, 3.63) is 53.1 Å². The summed E-state index contributed by atoms with van der Waals surface area (Å²) in [6.07, 6.45) is 6.84. The second kappa shape index (κ2) is 5.81. The topological polar surface area (TPSA) is 73.0 Å². The number of anilines is 1. The van der Waals surface area contributed by atoms with Gasteiger partial charge >= 0.3 is 5.69 Å². The predicted molar refractivity (Wildman–Crippen MR) is 67.4 cm³/mol. The van der Waals surface area contributed by atoms with Gasteiger partial charge in [0.1, 0.15) is 12.1 Å². The van der Waals surface area contributed by atoms with Crippen LogP contribution in [0.15, 0.2) is 46.1 Å². The van der Waals surface area contributed by atoms with Crippen LogP contribution in [0.3, 0.4) is 0 Å². The van der Waals surface area contributed by atoms with E-state index in [0.29, 0.717) is 24.8 Å². The molecule has 0 radical (unpaired) electrons. The monoisotopic (exact) mass is 246 g/mol. The standard InChI is InChI=1S/C12H14N4O2/c1-2-3-6-13-11-14-9-16(12(17)15-11)8-10-5-4-7-18-10/h2-5,7,9H,6,8H2,1H3,(H,13,15,17). The molecule has 0 bridgehead atoms. The molecule has 0 amide bonds. The van der Waals surface area contributed by atoms with Gasteiger partial charge in [-0.25, -0.2) is 9.78 Å². The molecule has 2 rings (SSSR count). The van der Waals surface area contributed by atoms with Crippen molar-refractivity contribution in [2.45, 2.75) is 13.5 Å². The molecular weight excluding hydrogens is 232 g/mol. The summed E-state index contributed by atoms with van der Waals surface area (Å²) in [5, 5.41) is 2.93. The van der Waals surface area contributed by atoms with E-state index in [1.54, 1.807) is 18.4 Å². The van der Waals surface area contributed by atoms with E-state index in [4.69, 9.17) is 4.42 Å². The molecule has 0 aliphatic rings. The number of rotatable bonds is 5. The van der Waals surface area contributed by atoms with E-state index in [0.717, 1.165) is 0 Å². The average molecular weight is 246 g/mol. The third-order valence-corrected chi connectivity index (χ3v) is 2.29. The van der Waals surface area contributed by atoms with Gasteiger partial charge in [-0.2, -0.15) is 4.98 Å². The summed E-state index contributed by atoms with van der Waals surface area (Å²) < 4.78 is 6.55. The number of nitrogens with zero attached hydrogens (tertiary/aromatic N) is 3. The first-order valence-electron chi connectivity index (χ1n) is 5.60. The van der Waals surface area contributed by atoms with Crippen molar-refractivity contribution in [1.82, 2.24) is 14.5 Å². The van der Waals surface area contributed by atoms with E-state index < -0.39 is 0 Å². The Morgan fingerprint density at radius 1 is 1.56 bits per heavy atom. The minimum absolute atomic E-state index is 0.328. The lowest BCUT2D eigenvalue weighted by molar-refractivity contribution is 0.485. The van der Waals surface area contributed by atoms with Crippen LogP contribution in [0.1, 0.15) is 12.7 Å². The second-order valence-corrected chi connectivity index (χ2v) is 3.62. The van der Waals surface area contributed by atoms with Crippen LogP contribution in [0, 0.1) is 0 Å². The molecule has 0 fully saturated rings. The Morgan fingerprint density at radius 2 is 2.44 bits per heavy atom. The largest absolute Gasteiger partial charge is 0.467 e. The lowest BCUT2D eigenvalue weighted by Crippen LogP contribution is -2.25. The van der Waals surface area contributed by atoms with Crippen LogP contribution >= 0.6 is 0 Å². The molecule has 6 heteroatoms. The molecule has 0 unspecified atom stereocenters. The summed E-state index contributed by atoms with van der Waals surface area (Å²) in [6.45, 7) is 2.85. The van der Waals surface area contributed by atoms with Crippen LogP contribution < -0.4 is 11.0 Å². The van der Waals surface area contributed by atoms with E-state index >= 15 is 0 Å². The van der Waals surface area contributed by atoms with Crippen LogP contribution in [0.4, 0.5) is 5.95 Å². The van der Waals surface area contributed by atoms with Crippen molar-refractivity contribution in [1.29, 1.82) is 0 Å². The molecule has 0 aliphatic carbocycles. The van der Waals surface area contributed by atoms with Crippen LogP contribution in [0.2, 0.25) is 0 Å².